The first kappa shape index (κ1) is 14.5. The Hall–Kier alpha value is -0.450. The van der Waals surface area contributed by atoms with Gasteiger partial charge in [0.05, 0.1) is 5.69 Å². The lowest BCUT2D eigenvalue weighted by Gasteiger charge is -2.38. The van der Waals surface area contributed by atoms with E-state index in [1.165, 1.54) is 55.9 Å². The van der Waals surface area contributed by atoms with Crippen molar-refractivity contribution in [3.8, 4) is 0 Å². The Morgan fingerprint density at radius 1 is 1.40 bits per heavy atom. The Labute approximate surface area is 126 Å². The molecule has 0 aromatic carbocycles. The average molecular weight is 293 g/mol. The minimum absolute atomic E-state index is 0.581. The molecule has 2 fully saturated rings. The van der Waals surface area contributed by atoms with Crippen LogP contribution in [-0.4, -0.2) is 29.0 Å². The summed E-state index contributed by atoms with van der Waals surface area (Å²) in [5.74, 6) is 0. The standard InChI is InChI=1S/C16H27N3S/c1-3-16(2)6-8-19(9-7-16)11-14-12-20-15(18-14)10-17-13-4-5-13/h12-13,17H,3-11H2,1-2H3. The van der Waals surface area contributed by atoms with Crippen LogP contribution in [0.1, 0.15) is 56.7 Å². The molecule has 1 aromatic rings. The number of piperidine rings is 1. The molecule has 0 radical (unpaired) electrons. The summed E-state index contributed by atoms with van der Waals surface area (Å²) in [4.78, 5) is 7.35. The number of aromatic nitrogens is 1. The van der Waals surface area contributed by atoms with E-state index in [2.05, 4.69) is 29.4 Å². The Kier molecular flexibility index (Phi) is 4.43. The normalized spacial score (nSPS) is 23.1. The molecular weight excluding hydrogens is 266 g/mol. The summed E-state index contributed by atoms with van der Waals surface area (Å²) >= 11 is 1.81. The van der Waals surface area contributed by atoms with Crippen molar-refractivity contribution in [3.63, 3.8) is 0 Å². The molecule has 4 heteroatoms. The summed E-state index contributed by atoms with van der Waals surface area (Å²) in [6, 6.07) is 0.774. The summed E-state index contributed by atoms with van der Waals surface area (Å²) < 4.78 is 0. The van der Waals surface area contributed by atoms with Crippen LogP contribution in [0.3, 0.4) is 0 Å². The third-order valence-electron chi connectivity index (χ3n) is 5.02. The molecule has 1 N–H and O–H groups in total. The zero-order valence-electron chi connectivity index (χ0n) is 12.8. The van der Waals surface area contributed by atoms with Crippen LogP contribution in [0.5, 0.6) is 0 Å². The summed E-state index contributed by atoms with van der Waals surface area (Å²) in [5.41, 5.74) is 1.85. The Bertz CT molecular complexity index is 431. The summed E-state index contributed by atoms with van der Waals surface area (Å²) in [6.07, 6.45) is 6.69. The van der Waals surface area contributed by atoms with Crippen LogP contribution in [-0.2, 0) is 13.1 Å². The van der Waals surface area contributed by atoms with Gasteiger partial charge >= 0.3 is 0 Å². The van der Waals surface area contributed by atoms with Gasteiger partial charge in [-0.05, 0) is 44.2 Å². The van der Waals surface area contributed by atoms with Gasteiger partial charge in [0, 0.05) is 24.5 Å². The highest BCUT2D eigenvalue weighted by atomic mass is 32.1. The zero-order chi connectivity index (χ0) is 14.0. The zero-order valence-corrected chi connectivity index (χ0v) is 13.6. The van der Waals surface area contributed by atoms with Crippen molar-refractivity contribution in [2.45, 2.75) is 65.1 Å². The Balaban J connectivity index is 1.46. The molecule has 1 saturated heterocycles. The number of thiazole rings is 1. The van der Waals surface area contributed by atoms with Crippen molar-refractivity contribution in [2.24, 2.45) is 5.41 Å². The quantitative estimate of drug-likeness (QED) is 0.871. The molecular formula is C16H27N3S. The maximum Gasteiger partial charge on any atom is 0.107 e. The second kappa shape index (κ2) is 6.12. The maximum absolute atomic E-state index is 4.77. The lowest BCUT2D eigenvalue weighted by molar-refractivity contribution is 0.109. The van der Waals surface area contributed by atoms with Crippen LogP contribution >= 0.6 is 11.3 Å². The number of nitrogens with one attached hydrogen (secondary N) is 1. The fourth-order valence-electron chi connectivity index (χ4n) is 2.86. The van der Waals surface area contributed by atoms with E-state index in [1.807, 2.05) is 11.3 Å². The molecule has 20 heavy (non-hydrogen) atoms. The predicted molar refractivity (Wildman–Crippen MR) is 84.9 cm³/mol. The molecule has 112 valence electrons. The van der Waals surface area contributed by atoms with Crippen molar-refractivity contribution in [1.82, 2.24) is 15.2 Å². The van der Waals surface area contributed by atoms with E-state index >= 15 is 0 Å². The first-order chi connectivity index (χ1) is 9.67. The van der Waals surface area contributed by atoms with Gasteiger partial charge in [-0.25, -0.2) is 4.98 Å². The topological polar surface area (TPSA) is 28.2 Å². The van der Waals surface area contributed by atoms with Gasteiger partial charge in [0.25, 0.3) is 0 Å². The highest BCUT2D eigenvalue weighted by Gasteiger charge is 2.28. The van der Waals surface area contributed by atoms with E-state index in [1.54, 1.807) is 0 Å². The molecule has 2 heterocycles. The van der Waals surface area contributed by atoms with Gasteiger partial charge in [-0.15, -0.1) is 11.3 Å². The molecule has 1 aliphatic carbocycles. The van der Waals surface area contributed by atoms with Crippen LogP contribution in [0.15, 0.2) is 5.38 Å². The summed E-state index contributed by atoms with van der Waals surface area (Å²) in [5, 5.41) is 7.04. The molecule has 2 aliphatic rings. The number of hydrogen-bond acceptors (Lipinski definition) is 4. The van der Waals surface area contributed by atoms with Gasteiger partial charge in [0.1, 0.15) is 5.01 Å². The molecule has 0 atom stereocenters. The third-order valence-corrected chi connectivity index (χ3v) is 5.92. The molecule has 1 saturated carbocycles. The largest absolute Gasteiger partial charge is 0.308 e. The first-order valence-corrected chi connectivity index (χ1v) is 8.94. The van der Waals surface area contributed by atoms with E-state index < -0.39 is 0 Å². The first-order valence-electron chi connectivity index (χ1n) is 8.06. The van der Waals surface area contributed by atoms with E-state index in [-0.39, 0.29) is 0 Å². The number of hydrogen-bond donors (Lipinski definition) is 1. The Morgan fingerprint density at radius 2 is 2.15 bits per heavy atom. The smallest absolute Gasteiger partial charge is 0.107 e. The highest BCUT2D eigenvalue weighted by molar-refractivity contribution is 7.09. The second-order valence-electron chi connectivity index (χ2n) is 6.83. The van der Waals surface area contributed by atoms with Crippen molar-refractivity contribution < 1.29 is 0 Å². The van der Waals surface area contributed by atoms with Gasteiger partial charge in [0.2, 0.25) is 0 Å². The molecule has 1 aliphatic heterocycles. The summed E-state index contributed by atoms with van der Waals surface area (Å²) in [7, 11) is 0. The lowest BCUT2D eigenvalue weighted by atomic mass is 9.78. The van der Waals surface area contributed by atoms with Gasteiger partial charge in [-0.3, -0.25) is 4.90 Å². The van der Waals surface area contributed by atoms with E-state index in [9.17, 15) is 0 Å². The second-order valence-corrected chi connectivity index (χ2v) is 7.77. The monoisotopic (exact) mass is 293 g/mol. The van der Waals surface area contributed by atoms with Gasteiger partial charge < -0.3 is 5.32 Å². The van der Waals surface area contributed by atoms with Crippen LogP contribution in [0, 0.1) is 5.41 Å². The van der Waals surface area contributed by atoms with Gasteiger partial charge in [0.15, 0.2) is 0 Å². The molecule has 3 rings (SSSR count). The SMILES string of the molecule is CCC1(C)CCN(Cc2csc(CNC3CC3)n2)CC1. The fourth-order valence-corrected chi connectivity index (χ4v) is 3.59. The van der Waals surface area contributed by atoms with Crippen LogP contribution in [0.2, 0.25) is 0 Å². The molecule has 3 nitrogen and oxygen atoms in total. The van der Waals surface area contributed by atoms with Crippen LogP contribution in [0.4, 0.5) is 0 Å². The molecule has 1 aromatic heterocycles. The highest BCUT2D eigenvalue weighted by Crippen LogP contribution is 2.34. The van der Waals surface area contributed by atoms with Crippen LogP contribution < -0.4 is 5.32 Å². The average Bonchev–Trinajstić information content (AvgIpc) is 3.19. The van der Waals surface area contributed by atoms with Gasteiger partial charge in [-0.2, -0.15) is 0 Å². The van der Waals surface area contributed by atoms with Crippen molar-refractivity contribution in [3.05, 3.63) is 16.1 Å². The van der Waals surface area contributed by atoms with Crippen LogP contribution in [0.25, 0.3) is 0 Å². The minimum Gasteiger partial charge on any atom is -0.308 e. The molecule has 0 bridgehead atoms. The fraction of sp³-hybridized carbons (Fsp3) is 0.812. The number of nitrogens with zero attached hydrogens (tertiary/aromatic N) is 2. The maximum atomic E-state index is 4.77. The molecule has 0 spiro atoms. The van der Waals surface area contributed by atoms with E-state index in [4.69, 9.17) is 4.98 Å². The third kappa shape index (κ3) is 3.80. The van der Waals surface area contributed by atoms with E-state index in [0.717, 1.165) is 19.1 Å². The van der Waals surface area contributed by atoms with Crippen molar-refractivity contribution in [1.29, 1.82) is 0 Å². The Morgan fingerprint density at radius 3 is 2.80 bits per heavy atom. The van der Waals surface area contributed by atoms with Crippen molar-refractivity contribution in [2.75, 3.05) is 13.1 Å². The van der Waals surface area contributed by atoms with Gasteiger partial charge in [-0.1, -0.05) is 20.3 Å². The number of likely N-dealkylation sites (tertiary alicyclic amines) is 1. The van der Waals surface area contributed by atoms with Crippen molar-refractivity contribution >= 4 is 11.3 Å². The summed E-state index contributed by atoms with van der Waals surface area (Å²) in [6.45, 7) is 9.24. The molecule has 0 unspecified atom stereocenters. The lowest BCUT2D eigenvalue weighted by Crippen LogP contribution is -2.38. The predicted octanol–water partition coefficient (Wildman–Crippen LogP) is 3.41. The minimum atomic E-state index is 0.581. The number of rotatable bonds is 6. The molecule has 0 amide bonds. The van der Waals surface area contributed by atoms with E-state index in [0.29, 0.717) is 5.41 Å².